The number of hydrogen-bond donors (Lipinski definition) is 0. The van der Waals surface area contributed by atoms with Crippen molar-refractivity contribution in [2.24, 2.45) is 5.92 Å². The number of likely N-dealkylation sites (tertiary alicyclic amines) is 2. The summed E-state index contributed by atoms with van der Waals surface area (Å²) in [5, 5.41) is 0. The van der Waals surface area contributed by atoms with Crippen LogP contribution in [0.1, 0.15) is 19.2 Å². The van der Waals surface area contributed by atoms with Gasteiger partial charge in [0.1, 0.15) is 12.4 Å². The molecule has 5 heteroatoms. The van der Waals surface area contributed by atoms with E-state index in [0.29, 0.717) is 18.5 Å². The Morgan fingerprint density at radius 3 is 3.05 bits per heavy atom. The van der Waals surface area contributed by atoms with E-state index in [1.807, 2.05) is 15.7 Å². The van der Waals surface area contributed by atoms with Crippen LogP contribution in [0.3, 0.4) is 0 Å². The van der Waals surface area contributed by atoms with Gasteiger partial charge in [-0.15, -0.1) is 0 Å². The van der Waals surface area contributed by atoms with E-state index in [0.717, 1.165) is 25.3 Å². The molecule has 2 saturated heterocycles. The van der Waals surface area contributed by atoms with Crippen LogP contribution in [0, 0.1) is 5.92 Å². The number of likely N-dealkylation sites (N-methyl/N-ethyl adjacent to an activating group) is 1. The van der Waals surface area contributed by atoms with Crippen molar-refractivity contribution in [2.75, 3.05) is 26.7 Å². The molecule has 2 atom stereocenters. The summed E-state index contributed by atoms with van der Waals surface area (Å²) >= 11 is 0. The number of fused-ring (bicyclic) bond motifs is 1. The average Bonchev–Trinajstić information content (AvgIpc) is 3.07. The van der Waals surface area contributed by atoms with E-state index in [2.05, 4.69) is 23.9 Å². The second-order valence-electron chi connectivity index (χ2n) is 5.72. The van der Waals surface area contributed by atoms with Crippen LogP contribution < -0.4 is 0 Å². The van der Waals surface area contributed by atoms with Crippen molar-refractivity contribution < 1.29 is 4.79 Å². The van der Waals surface area contributed by atoms with Gasteiger partial charge in [0.05, 0.1) is 0 Å². The fraction of sp³-hybridized carbons (Fsp3) is 0.714. The standard InChI is InChI=1S/C14H22N4O/c1-3-13-15-5-7-17(13)10-14(19)18-8-11-4-6-16(2)12(11)9-18/h5,7,11-12H,3-4,6,8-10H2,1-2H3/t11-,12+/m1/s1. The molecule has 5 nitrogen and oxygen atoms in total. The van der Waals surface area contributed by atoms with Crippen LogP contribution in [0.4, 0.5) is 0 Å². The minimum Gasteiger partial charge on any atom is -0.339 e. The molecule has 0 aromatic carbocycles. The van der Waals surface area contributed by atoms with Gasteiger partial charge in [-0.25, -0.2) is 4.98 Å². The van der Waals surface area contributed by atoms with Gasteiger partial charge in [-0.3, -0.25) is 4.79 Å². The molecule has 0 radical (unpaired) electrons. The quantitative estimate of drug-likeness (QED) is 0.801. The highest BCUT2D eigenvalue weighted by molar-refractivity contribution is 5.76. The number of aryl methyl sites for hydroxylation is 1. The molecule has 1 aromatic rings. The highest BCUT2D eigenvalue weighted by Gasteiger charge is 2.41. The maximum atomic E-state index is 12.4. The average molecular weight is 262 g/mol. The number of carbonyl (C=O) groups excluding carboxylic acids is 1. The van der Waals surface area contributed by atoms with Crippen molar-refractivity contribution in [3.63, 3.8) is 0 Å². The molecule has 0 unspecified atom stereocenters. The van der Waals surface area contributed by atoms with Crippen molar-refractivity contribution in [2.45, 2.75) is 32.4 Å². The molecule has 0 bridgehead atoms. The zero-order valence-electron chi connectivity index (χ0n) is 11.7. The third-order valence-electron chi connectivity index (χ3n) is 4.60. The van der Waals surface area contributed by atoms with Gasteiger partial charge in [0.2, 0.25) is 5.91 Å². The highest BCUT2D eigenvalue weighted by Crippen LogP contribution is 2.30. The first-order chi connectivity index (χ1) is 9.19. The molecular weight excluding hydrogens is 240 g/mol. The number of rotatable bonds is 3. The fourth-order valence-corrected chi connectivity index (χ4v) is 3.42. The molecule has 2 fully saturated rings. The molecule has 0 aliphatic carbocycles. The van der Waals surface area contributed by atoms with Crippen LogP contribution in [0.2, 0.25) is 0 Å². The minimum absolute atomic E-state index is 0.232. The zero-order chi connectivity index (χ0) is 13.4. The van der Waals surface area contributed by atoms with Gasteiger partial charge in [-0.1, -0.05) is 6.92 Å². The zero-order valence-corrected chi connectivity index (χ0v) is 11.7. The van der Waals surface area contributed by atoms with Gasteiger partial charge in [0.25, 0.3) is 0 Å². The molecule has 0 N–H and O–H groups in total. The predicted molar refractivity (Wildman–Crippen MR) is 72.7 cm³/mol. The Labute approximate surface area is 114 Å². The minimum atomic E-state index is 0.232. The van der Waals surface area contributed by atoms with E-state index in [1.54, 1.807) is 6.20 Å². The SMILES string of the molecule is CCc1nccn1CC(=O)N1C[C@H]2CCN(C)[C@H]2C1. The third kappa shape index (κ3) is 2.27. The Bertz CT molecular complexity index is 470. The molecule has 104 valence electrons. The number of hydrogen-bond acceptors (Lipinski definition) is 3. The second kappa shape index (κ2) is 4.96. The Morgan fingerprint density at radius 2 is 2.32 bits per heavy atom. The summed E-state index contributed by atoms with van der Waals surface area (Å²) in [4.78, 5) is 21.1. The lowest BCUT2D eigenvalue weighted by Crippen LogP contribution is -2.36. The Hall–Kier alpha value is -1.36. The number of carbonyl (C=O) groups is 1. The normalized spacial score (nSPS) is 26.9. The fourth-order valence-electron chi connectivity index (χ4n) is 3.42. The van der Waals surface area contributed by atoms with Gasteiger partial charge >= 0.3 is 0 Å². The van der Waals surface area contributed by atoms with E-state index in [-0.39, 0.29) is 5.91 Å². The molecule has 19 heavy (non-hydrogen) atoms. The maximum Gasteiger partial charge on any atom is 0.242 e. The summed E-state index contributed by atoms with van der Waals surface area (Å²) in [6.45, 7) is 5.52. The molecule has 0 saturated carbocycles. The molecule has 1 amide bonds. The van der Waals surface area contributed by atoms with Crippen molar-refractivity contribution >= 4 is 5.91 Å². The maximum absolute atomic E-state index is 12.4. The summed E-state index contributed by atoms with van der Waals surface area (Å²) in [6, 6.07) is 0.581. The summed E-state index contributed by atoms with van der Waals surface area (Å²) in [5.74, 6) is 1.91. The lowest BCUT2D eigenvalue weighted by atomic mass is 10.1. The van der Waals surface area contributed by atoms with Gasteiger partial charge in [-0.05, 0) is 25.9 Å². The van der Waals surface area contributed by atoms with E-state index in [4.69, 9.17) is 0 Å². The van der Waals surface area contributed by atoms with Crippen molar-refractivity contribution in [3.05, 3.63) is 18.2 Å². The van der Waals surface area contributed by atoms with Crippen LogP contribution in [0.15, 0.2) is 12.4 Å². The van der Waals surface area contributed by atoms with Gasteiger partial charge in [-0.2, -0.15) is 0 Å². The van der Waals surface area contributed by atoms with Crippen LogP contribution >= 0.6 is 0 Å². The predicted octanol–water partition coefficient (Wildman–Crippen LogP) is 0.608. The molecule has 2 aliphatic rings. The number of amides is 1. The Balaban J connectivity index is 1.63. The van der Waals surface area contributed by atoms with Crippen LogP contribution in [-0.2, 0) is 17.8 Å². The first-order valence-electron chi connectivity index (χ1n) is 7.17. The van der Waals surface area contributed by atoms with Crippen molar-refractivity contribution in [3.8, 4) is 0 Å². The topological polar surface area (TPSA) is 41.4 Å². The summed E-state index contributed by atoms with van der Waals surface area (Å²) in [6.07, 6.45) is 5.78. The first kappa shape index (κ1) is 12.7. The Morgan fingerprint density at radius 1 is 1.47 bits per heavy atom. The second-order valence-corrected chi connectivity index (χ2v) is 5.72. The number of aromatic nitrogens is 2. The van der Waals surface area contributed by atoms with E-state index >= 15 is 0 Å². The molecule has 0 spiro atoms. The van der Waals surface area contributed by atoms with Crippen LogP contribution in [0.25, 0.3) is 0 Å². The van der Waals surface area contributed by atoms with E-state index in [1.165, 1.54) is 13.0 Å². The molecule has 1 aromatic heterocycles. The summed E-state index contributed by atoms with van der Waals surface area (Å²) in [7, 11) is 2.17. The first-order valence-corrected chi connectivity index (χ1v) is 7.17. The number of imidazole rings is 1. The molecule has 2 aliphatic heterocycles. The molecular formula is C14H22N4O. The summed E-state index contributed by atoms with van der Waals surface area (Å²) < 4.78 is 1.97. The monoisotopic (exact) mass is 262 g/mol. The van der Waals surface area contributed by atoms with E-state index < -0.39 is 0 Å². The van der Waals surface area contributed by atoms with Crippen LogP contribution in [-0.4, -0.2) is 58.0 Å². The van der Waals surface area contributed by atoms with Crippen molar-refractivity contribution in [1.29, 1.82) is 0 Å². The smallest absolute Gasteiger partial charge is 0.242 e. The van der Waals surface area contributed by atoms with Gasteiger partial charge in [0, 0.05) is 37.9 Å². The summed E-state index contributed by atoms with van der Waals surface area (Å²) in [5.41, 5.74) is 0. The van der Waals surface area contributed by atoms with Crippen molar-refractivity contribution in [1.82, 2.24) is 19.4 Å². The highest BCUT2D eigenvalue weighted by atomic mass is 16.2. The largest absolute Gasteiger partial charge is 0.339 e. The van der Waals surface area contributed by atoms with Crippen LogP contribution in [0.5, 0.6) is 0 Å². The van der Waals surface area contributed by atoms with Gasteiger partial charge in [0.15, 0.2) is 0 Å². The molecule has 3 rings (SSSR count). The lowest BCUT2D eigenvalue weighted by molar-refractivity contribution is -0.131. The molecule has 3 heterocycles. The van der Waals surface area contributed by atoms with E-state index in [9.17, 15) is 4.79 Å². The third-order valence-corrected chi connectivity index (χ3v) is 4.60. The Kier molecular flexibility index (Phi) is 3.31. The lowest BCUT2D eigenvalue weighted by Gasteiger charge is -2.21. The van der Waals surface area contributed by atoms with Gasteiger partial charge < -0.3 is 14.4 Å². The number of nitrogens with zero attached hydrogens (tertiary/aromatic N) is 4.